The van der Waals surface area contributed by atoms with Gasteiger partial charge in [0.2, 0.25) is 0 Å². The highest BCUT2D eigenvalue weighted by atomic mass is 79.9. The van der Waals surface area contributed by atoms with Crippen LogP contribution in [0.3, 0.4) is 0 Å². The maximum atomic E-state index is 12.9. The van der Waals surface area contributed by atoms with E-state index in [2.05, 4.69) is 15.9 Å². The molecular weight excluding hydrogens is 259 g/mol. The third kappa shape index (κ3) is 2.88. The van der Waals surface area contributed by atoms with Crippen LogP contribution in [-0.2, 0) is 0 Å². The summed E-state index contributed by atoms with van der Waals surface area (Å²) in [6.07, 6.45) is 4.09. The molecule has 1 aliphatic carbocycles. The van der Waals surface area contributed by atoms with Gasteiger partial charge in [0.25, 0.3) is 0 Å². The lowest BCUT2D eigenvalue weighted by molar-refractivity contribution is 0.0978. The predicted octanol–water partition coefficient (Wildman–Crippen LogP) is 3.96. The Morgan fingerprint density at radius 3 is 2.80 bits per heavy atom. The van der Waals surface area contributed by atoms with Crippen LogP contribution in [0, 0.1) is 11.7 Å². The number of carbonyl (C=O) groups excluding carboxylic acids is 1. The van der Waals surface area contributed by atoms with Gasteiger partial charge >= 0.3 is 0 Å². The first-order valence-electron chi connectivity index (χ1n) is 5.15. The van der Waals surface area contributed by atoms with Crippen LogP contribution in [0.2, 0.25) is 0 Å². The molecule has 0 spiro atoms. The van der Waals surface area contributed by atoms with Crippen LogP contribution < -0.4 is 0 Å². The minimum Gasteiger partial charge on any atom is -0.294 e. The Balaban J connectivity index is 2.00. The quantitative estimate of drug-likeness (QED) is 0.757. The summed E-state index contributed by atoms with van der Waals surface area (Å²) in [5, 5.41) is 0. The standard InChI is InChI=1S/C12H12BrFO/c13-10-7-9(4-5-11(10)14)12(15)6-3-8-1-2-8/h4-5,7-8H,1-3,6H2. The average molecular weight is 271 g/mol. The third-order valence-corrected chi connectivity index (χ3v) is 3.33. The van der Waals surface area contributed by atoms with E-state index in [1.54, 1.807) is 12.1 Å². The van der Waals surface area contributed by atoms with Crippen LogP contribution in [0.15, 0.2) is 22.7 Å². The second-order valence-electron chi connectivity index (χ2n) is 4.03. The molecule has 1 aromatic carbocycles. The van der Waals surface area contributed by atoms with Crippen molar-refractivity contribution < 1.29 is 9.18 Å². The van der Waals surface area contributed by atoms with Crippen LogP contribution in [-0.4, -0.2) is 5.78 Å². The molecule has 0 N–H and O–H groups in total. The smallest absolute Gasteiger partial charge is 0.162 e. The molecule has 80 valence electrons. The molecule has 1 saturated carbocycles. The first-order chi connectivity index (χ1) is 7.16. The highest BCUT2D eigenvalue weighted by Gasteiger charge is 2.22. The van der Waals surface area contributed by atoms with Crippen molar-refractivity contribution in [1.82, 2.24) is 0 Å². The molecule has 0 unspecified atom stereocenters. The zero-order valence-electron chi connectivity index (χ0n) is 8.30. The molecule has 1 fully saturated rings. The number of Topliss-reactive ketones (excluding diaryl/α,β-unsaturated/α-hetero) is 1. The minimum absolute atomic E-state index is 0.114. The summed E-state index contributed by atoms with van der Waals surface area (Å²) in [5.74, 6) is 0.550. The number of halogens is 2. The van der Waals surface area contributed by atoms with Gasteiger partial charge in [-0.2, -0.15) is 0 Å². The van der Waals surface area contributed by atoms with Crippen molar-refractivity contribution in [3.63, 3.8) is 0 Å². The lowest BCUT2D eigenvalue weighted by atomic mass is 10.1. The SMILES string of the molecule is O=C(CCC1CC1)c1ccc(F)c(Br)c1. The van der Waals surface area contributed by atoms with Crippen molar-refractivity contribution in [2.45, 2.75) is 25.7 Å². The van der Waals surface area contributed by atoms with Crippen molar-refractivity contribution in [3.8, 4) is 0 Å². The lowest BCUT2D eigenvalue weighted by Crippen LogP contribution is -1.99. The summed E-state index contributed by atoms with van der Waals surface area (Å²) in [6, 6.07) is 4.44. The fourth-order valence-electron chi connectivity index (χ4n) is 1.56. The monoisotopic (exact) mass is 270 g/mol. The fraction of sp³-hybridized carbons (Fsp3) is 0.417. The minimum atomic E-state index is -0.325. The largest absolute Gasteiger partial charge is 0.294 e. The van der Waals surface area contributed by atoms with Gasteiger partial charge in [0.1, 0.15) is 5.82 Å². The summed E-state index contributed by atoms with van der Waals surface area (Å²) >= 11 is 3.08. The van der Waals surface area contributed by atoms with Crippen LogP contribution >= 0.6 is 15.9 Å². The second kappa shape index (κ2) is 4.44. The molecule has 0 saturated heterocycles. The summed E-state index contributed by atoms with van der Waals surface area (Å²) in [5.41, 5.74) is 0.601. The van der Waals surface area contributed by atoms with Gasteiger partial charge in [-0.25, -0.2) is 4.39 Å². The fourth-order valence-corrected chi connectivity index (χ4v) is 1.93. The summed E-state index contributed by atoms with van der Waals surface area (Å²) in [4.78, 5) is 11.7. The maximum absolute atomic E-state index is 12.9. The van der Waals surface area contributed by atoms with Gasteiger partial charge in [-0.3, -0.25) is 4.79 Å². The predicted molar refractivity (Wildman–Crippen MR) is 60.4 cm³/mol. The number of hydrogen-bond donors (Lipinski definition) is 0. The van der Waals surface area contributed by atoms with E-state index in [-0.39, 0.29) is 11.6 Å². The molecule has 0 aliphatic heterocycles. The summed E-state index contributed by atoms with van der Waals surface area (Å²) in [7, 11) is 0. The first kappa shape index (κ1) is 10.8. The highest BCUT2D eigenvalue weighted by Crippen LogP contribution is 2.34. The van der Waals surface area contributed by atoms with Crippen LogP contribution in [0.4, 0.5) is 4.39 Å². The molecule has 0 bridgehead atoms. The van der Waals surface area contributed by atoms with E-state index in [9.17, 15) is 9.18 Å². The Morgan fingerprint density at radius 2 is 2.20 bits per heavy atom. The molecule has 0 radical (unpaired) electrons. The third-order valence-electron chi connectivity index (χ3n) is 2.72. The first-order valence-corrected chi connectivity index (χ1v) is 5.94. The van der Waals surface area contributed by atoms with Gasteiger partial charge in [-0.1, -0.05) is 12.8 Å². The number of hydrogen-bond acceptors (Lipinski definition) is 1. The molecule has 15 heavy (non-hydrogen) atoms. The van der Waals surface area contributed by atoms with E-state index in [1.165, 1.54) is 18.9 Å². The molecular formula is C12H12BrFO. The highest BCUT2D eigenvalue weighted by molar-refractivity contribution is 9.10. The summed E-state index contributed by atoms with van der Waals surface area (Å²) < 4.78 is 13.3. The Hall–Kier alpha value is -0.700. The molecule has 1 aromatic rings. The molecule has 0 heterocycles. The van der Waals surface area contributed by atoms with E-state index < -0.39 is 0 Å². The number of carbonyl (C=O) groups is 1. The number of benzene rings is 1. The molecule has 1 aliphatic rings. The van der Waals surface area contributed by atoms with Gasteiger partial charge in [0.15, 0.2) is 5.78 Å². The lowest BCUT2D eigenvalue weighted by Gasteiger charge is -2.01. The molecule has 3 heteroatoms. The van der Waals surface area contributed by atoms with E-state index in [0.29, 0.717) is 16.5 Å². The van der Waals surface area contributed by atoms with Gasteiger partial charge in [0, 0.05) is 12.0 Å². The van der Waals surface area contributed by atoms with E-state index >= 15 is 0 Å². The molecule has 0 atom stereocenters. The van der Waals surface area contributed by atoms with Crippen molar-refractivity contribution in [2.24, 2.45) is 5.92 Å². The van der Waals surface area contributed by atoms with Gasteiger partial charge in [-0.15, -0.1) is 0 Å². The zero-order valence-corrected chi connectivity index (χ0v) is 9.89. The average Bonchev–Trinajstić information content (AvgIpc) is 3.02. The Morgan fingerprint density at radius 1 is 1.47 bits per heavy atom. The molecule has 0 aromatic heterocycles. The Kier molecular flexibility index (Phi) is 3.19. The molecule has 2 rings (SSSR count). The summed E-state index contributed by atoms with van der Waals surface area (Å²) in [6.45, 7) is 0. The normalized spacial score (nSPS) is 15.3. The van der Waals surface area contributed by atoms with Gasteiger partial charge in [-0.05, 0) is 46.5 Å². The van der Waals surface area contributed by atoms with Gasteiger partial charge < -0.3 is 0 Å². The second-order valence-corrected chi connectivity index (χ2v) is 4.89. The van der Waals surface area contributed by atoms with E-state index in [4.69, 9.17) is 0 Å². The van der Waals surface area contributed by atoms with Crippen molar-refractivity contribution >= 4 is 21.7 Å². The Bertz CT molecular complexity index is 385. The van der Waals surface area contributed by atoms with Crippen LogP contribution in [0.5, 0.6) is 0 Å². The van der Waals surface area contributed by atoms with Crippen molar-refractivity contribution in [2.75, 3.05) is 0 Å². The zero-order chi connectivity index (χ0) is 10.8. The van der Waals surface area contributed by atoms with E-state index in [0.717, 1.165) is 12.3 Å². The van der Waals surface area contributed by atoms with Gasteiger partial charge in [0.05, 0.1) is 4.47 Å². The van der Waals surface area contributed by atoms with Crippen molar-refractivity contribution in [3.05, 3.63) is 34.1 Å². The van der Waals surface area contributed by atoms with Crippen molar-refractivity contribution in [1.29, 1.82) is 0 Å². The molecule has 1 nitrogen and oxygen atoms in total. The van der Waals surface area contributed by atoms with Crippen LogP contribution in [0.1, 0.15) is 36.0 Å². The number of rotatable bonds is 4. The Labute approximate surface area is 96.8 Å². The maximum Gasteiger partial charge on any atom is 0.162 e. The number of ketones is 1. The molecule has 0 amide bonds. The van der Waals surface area contributed by atoms with Crippen LogP contribution in [0.25, 0.3) is 0 Å². The van der Waals surface area contributed by atoms with E-state index in [1.807, 2.05) is 0 Å². The topological polar surface area (TPSA) is 17.1 Å².